The van der Waals surface area contributed by atoms with Crippen molar-refractivity contribution in [2.24, 2.45) is 0 Å². The van der Waals surface area contributed by atoms with Crippen LogP contribution in [0.1, 0.15) is 21.5 Å². The lowest BCUT2D eigenvalue weighted by atomic mass is 9.88. The standard InChI is InChI=1S/C30H26N2O13/c33-21-7-5-17-27(15-3-1-2-4-16(15)30(43)44)18-6-8-22(34)20(10-32(13-25(39)40)14-26(41)42)29(18)45-28(17)19(21)9-31(11-23(35)36)12-24(37)38/h1-8,33H,9-14H2,(H,35,36)(H,37,38)(H,39,40)(H,41,42)(H,43,44)/p-1. The van der Waals surface area contributed by atoms with Crippen LogP contribution < -0.4 is 10.5 Å². The number of carboxylic acids is 5. The number of aliphatic carboxylic acids is 4. The summed E-state index contributed by atoms with van der Waals surface area (Å²) in [6, 6.07) is 10.8. The van der Waals surface area contributed by atoms with Crippen LogP contribution in [-0.2, 0) is 32.3 Å². The SMILES string of the molecule is O=C(O)CN(CC(=O)O)Cc1c2oc3c(CN(CC(=O)O)CC(=O)O)c([O-])ccc3c(-c3ccccc3C(=O)O)c-2ccc1=O. The minimum Gasteiger partial charge on any atom is -0.872 e. The highest BCUT2D eigenvalue weighted by Gasteiger charge is 2.28. The Bertz CT molecular complexity index is 1830. The van der Waals surface area contributed by atoms with Gasteiger partial charge in [0.15, 0.2) is 5.43 Å². The van der Waals surface area contributed by atoms with Crippen LogP contribution in [0.5, 0.6) is 5.75 Å². The molecule has 15 heteroatoms. The highest BCUT2D eigenvalue weighted by Crippen LogP contribution is 2.44. The fourth-order valence-electron chi connectivity index (χ4n) is 5.12. The van der Waals surface area contributed by atoms with E-state index in [1.807, 2.05) is 0 Å². The van der Waals surface area contributed by atoms with E-state index in [1.165, 1.54) is 30.3 Å². The maximum absolute atomic E-state index is 13.2. The van der Waals surface area contributed by atoms with Crippen molar-refractivity contribution in [3.8, 4) is 28.2 Å². The Labute approximate surface area is 252 Å². The zero-order valence-electron chi connectivity index (χ0n) is 23.3. The molecule has 4 rings (SSSR count). The molecule has 2 aromatic carbocycles. The molecule has 0 spiro atoms. The van der Waals surface area contributed by atoms with E-state index < -0.39 is 80.3 Å². The Morgan fingerprint density at radius 1 is 0.667 bits per heavy atom. The van der Waals surface area contributed by atoms with Crippen LogP contribution in [0.15, 0.2) is 57.7 Å². The Kier molecular flexibility index (Phi) is 9.45. The number of rotatable bonds is 14. The van der Waals surface area contributed by atoms with Crippen molar-refractivity contribution >= 4 is 40.8 Å². The molecular weight excluding hydrogens is 596 g/mol. The van der Waals surface area contributed by atoms with Gasteiger partial charge in [-0.3, -0.25) is 33.8 Å². The van der Waals surface area contributed by atoms with Gasteiger partial charge in [-0.15, -0.1) is 5.75 Å². The van der Waals surface area contributed by atoms with Crippen molar-refractivity contribution in [3.05, 3.63) is 75.4 Å². The molecule has 1 heterocycles. The van der Waals surface area contributed by atoms with Crippen molar-refractivity contribution in [2.75, 3.05) is 26.2 Å². The lowest BCUT2D eigenvalue weighted by Gasteiger charge is -2.26. The highest BCUT2D eigenvalue weighted by molar-refractivity contribution is 6.08. The summed E-state index contributed by atoms with van der Waals surface area (Å²) >= 11 is 0. The van der Waals surface area contributed by atoms with Gasteiger partial charge in [0.1, 0.15) is 11.3 Å². The first-order chi connectivity index (χ1) is 21.3. The minimum atomic E-state index is -1.38. The summed E-state index contributed by atoms with van der Waals surface area (Å²) in [5, 5.41) is 60.7. The predicted molar refractivity (Wildman–Crippen MR) is 152 cm³/mol. The molecule has 1 aliphatic heterocycles. The van der Waals surface area contributed by atoms with Gasteiger partial charge in [-0.05, 0) is 23.8 Å². The number of benzene rings is 3. The molecule has 2 aromatic rings. The maximum Gasteiger partial charge on any atom is 0.336 e. The van der Waals surface area contributed by atoms with Gasteiger partial charge in [-0.2, -0.15) is 0 Å². The molecule has 0 atom stereocenters. The molecule has 234 valence electrons. The quantitative estimate of drug-likeness (QED) is 0.124. The molecule has 0 aromatic heterocycles. The summed E-state index contributed by atoms with van der Waals surface area (Å²) in [4.78, 5) is 73.2. The molecule has 1 aliphatic carbocycles. The number of nitrogens with zero attached hydrogens (tertiary/aromatic N) is 2. The van der Waals surface area contributed by atoms with Crippen LogP contribution in [0.3, 0.4) is 0 Å². The van der Waals surface area contributed by atoms with E-state index in [-0.39, 0.29) is 50.1 Å². The molecule has 0 amide bonds. The van der Waals surface area contributed by atoms with E-state index in [4.69, 9.17) is 4.42 Å². The lowest BCUT2D eigenvalue weighted by molar-refractivity contribution is -0.269. The number of hydrogen-bond donors (Lipinski definition) is 5. The van der Waals surface area contributed by atoms with Crippen LogP contribution in [-0.4, -0.2) is 91.4 Å². The van der Waals surface area contributed by atoms with E-state index in [2.05, 4.69) is 0 Å². The van der Waals surface area contributed by atoms with Crippen molar-refractivity contribution in [2.45, 2.75) is 13.1 Å². The van der Waals surface area contributed by atoms with E-state index >= 15 is 0 Å². The Morgan fingerprint density at radius 2 is 1.20 bits per heavy atom. The summed E-state index contributed by atoms with van der Waals surface area (Å²) in [6.07, 6.45) is 0. The predicted octanol–water partition coefficient (Wildman–Crippen LogP) is 1.28. The number of hydrogen-bond acceptors (Lipinski definition) is 10. The van der Waals surface area contributed by atoms with Gasteiger partial charge < -0.3 is 35.1 Å². The second kappa shape index (κ2) is 13.2. The van der Waals surface area contributed by atoms with Gasteiger partial charge in [0, 0.05) is 35.2 Å². The Hall–Kier alpha value is -5.80. The summed E-state index contributed by atoms with van der Waals surface area (Å²) in [6.45, 7) is -4.11. The first kappa shape index (κ1) is 32.1. The Morgan fingerprint density at radius 3 is 1.73 bits per heavy atom. The van der Waals surface area contributed by atoms with Gasteiger partial charge in [0.05, 0.1) is 37.3 Å². The number of aromatic carboxylic acids is 1. The lowest BCUT2D eigenvalue weighted by Crippen LogP contribution is -2.35. The zero-order valence-corrected chi connectivity index (χ0v) is 23.3. The summed E-state index contributed by atoms with van der Waals surface area (Å²) in [7, 11) is 0. The smallest absolute Gasteiger partial charge is 0.336 e. The molecule has 0 radical (unpaired) electrons. The topological polar surface area (TPSA) is 246 Å². The fourth-order valence-corrected chi connectivity index (χ4v) is 5.12. The third-order valence-electron chi connectivity index (χ3n) is 6.80. The zero-order chi connectivity index (χ0) is 33.0. The van der Waals surface area contributed by atoms with Crippen LogP contribution in [0.4, 0.5) is 0 Å². The van der Waals surface area contributed by atoms with Gasteiger partial charge in [0.25, 0.3) is 0 Å². The van der Waals surface area contributed by atoms with Crippen molar-refractivity contribution < 1.29 is 59.0 Å². The van der Waals surface area contributed by atoms with Gasteiger partial charge in [-0.25, -0.2) is 4.79 Å². The molecule has 0 fully saturated rings. The van der Waals surface area contributed by atoms with Crippen molar-refractivity contribution in [1.82, 2.24) is 9.80 Å². The number of carboxylic acid groups (broad SMARTS) is 5. The molecular formula is C30H25N2O13-. The molecule has 0 saturated heterocycles. The largest absolute Gasteiger partial charge is 0.872 e. The monoisotopic (exact) mass is 621 g/mol. The first-order valence-corrected chi connectivity index (χ1v) is 13.1. The molecule has 5 N–H and O–H groups in total. The average Bonchev–Trinajstić information content (AvgIpc) is 2.93. The second-order valence-electron chi connectivity index (χ2n) is 10.0. The minimum absolute atomic E-state index is 0.144. The van der Waals surface area contributed by atoms with Gasteiger partial charge >= 0.3 is 29.8 Å². The second-order valence-corrected chi connectivity index (χ2v) is 10.0. The van der Waals surface area contributed by atoms with E-state index in [0.717, 1.165) is 21.9 Å². The van der Waals surface area contributed by atoms with Gasteiger partial charge in [-0.1, -0.05) is 30.3 Å². The maximum atomic E-state index is 13.2. The average molecular weight is 622 g/mol. The molecule has 0 saturated carbocycles. The number of carbonyl (C=O) groups is 5. The molecule has 2 aliphatic rings. The van der Waals surface area contributed by atoms with Crippen LogP contribution in [0.2, 0.25) is 0 Å². The first-order valence-electron chi connectivity index (χ1n) is 13.1. The molecule has 0 bridgehead atoms. The molecule has 15 nitrogen and oxygen atoms in total. The highest BCUT2D eigenvalue weighted by atomic mass is 16.4. The van der Waals surface area contributed by atoms with Crippen LogP contribution >= 0.6 is 0 Å². The van der Waals surface area contributed by atoms with E-state index in [1.54, 1.807) is 6.07 Å². The third kappa shape index (κ3) is 7.23. The van der Waals surface area contributed by atoms with Crippen molar-refractivity contribution in [1.29, 1.82) is 0 Å². The van der Waals surface area contributed by atoms with Crippen LogP contribution in [0.25, 0.3) is 33.4 Å². The van der Waals surface area contributed by atoms with E-state index in [9.17, 15) is 59.4 Å². The number of fused-ring (bicyclic) bond motifs is 2. The van der Waals surface area contributed by atoms with Crippen LogP contribution in [0, 0.1) is 0 Å². The summed E-state index contributed by atoms with van der Waals surface area (Å²) < 4.78 is 6.16. The molecule has 0 unspecified atom stereocenters. The third-order valence-corrected chi connectivity index (χ3v) is 6.80. The Balaban J connectivity index is 2.11. The molecule has 45 heavy (non-hydrogen) atoms. The fraction of sp³-hybridized carbons (Fsp3) is 0.200. The van der Waals surface area contributed by atoms with Crippen molar-refractivity contribution in [3.63, 3.8) is 0 Å². The van der Waals surface area contributed by atoms with E-state index in [0.29, 0.717) is 0 Å². The normalized spacial score (nSPS) is 11.3. The summed E-state index contributed by atoms with van der Waals surface area (Å²) in [5.41, 5.74) is -0.925. The van der Waals surface area contributed by atoms with Gasteiger partial charge in [0.2, 0.25) is 0 Å². The summed E-state index contributed by atoms with van der Waals surface area (Å²) in [5.74, 6) is -7.70.